The molecule has 1 saturated heterocycles. The number of urea groups is 1. The van der Waals surface area contributed by atoms with Crippen molar-refractivity contribution in [1.29, 1.82) is 0 Å². The van der Waals surface area contributed by atoms with Crippen molar-refractivity contribution in [2.45, 2.75) is 0 Å². The Balaban J connectivity index is 1.29. The van der Waals surface area contributed by atoms with E-state index in [2.05, 4.69) is 15.2 Å². The quantitative estimate of drug-likeness (QED) is 0.846. The van der Waals surface area contributed by atoms with Gasteiger partial charge in [0.05, 0.1) is 25.4 Å². The minimum Gasteiger partial charge on any atom is -0.378 e. The molecule has 1 fully saturated rings. The van der Waals surface area contributed by atoms with E-state index in [1.807, 2.05) is 48.5 Å². The second-order valence-electron chi connectivity index (χ2n) is 7.44. The van der Waals surface area contributed by atoms with Crippen LogP contribution >= 0.6 is 0 Å². The largest absolute Gasteiger partial charge is 0.378 e. The number of ether oxygens (including phenoxy) is 1. The lowest BCUT2D eigenvalue weighted by molar-refractivity contribution is -0.114. The maximum atomic E-state index is 13.0. The summed E-state index contributed by atoms with van der Waals surface area (Å²) in [4.78, 5) is 35.6. The number of amidine groups is 1. The number of para-hydroxylation sites is 1. The first-order valence-electron chi connectivity index (χ1n) is 10.2. The summed E-state index contributed by atoms with van der Waals surface area (Å²) in [6, 6.07) is 15.1. The molecule has 0 atom stereocenters. The number of nitrogens with zero attached hydrogens (tertiary/aromatic N) is 4. The third-order valence-corrected chi connectivity index (χ3v) is 5.57. The number of nitrogens with one attached hydrogen (secondary N) is 1. The summed E-state index contributed by atoms with van der Waals surface area (Å²) in [5.74, 6) is 0.461. The smallest absolute Gasteiger partial charge is 0.330 e. The van der Waals surface area contributed by atoms with Gasteiger partial charge < -0.3 is 15.0 Å². The molecule has 3 amide bonds. The van der Waals surface area contributed by atoms with E-state index in [1.165, 1.54) is 4.90 Å². The van der Waals surface area contributed by atoms with Crippen LogP contribution in [0.2, 0.25) is 0 Å². The molecule has 0 bridgehead atoms. The topological polar surface area (TPSA) is 77.5 Å². The first-order valence-corrected chi connectivity index (χ1v) is 10.2. The number of carbonyl (C=O) groups excluding carboxylic acids is 2. The van der Waals surface area contributed by atoms with E-state index in [0.717, 1.165) is 43.2 Å². The maximum absolute atomic E-state index is 13.0. The van der Waals surface area contributed by atoms with E-state index in [9.17, 15) is 9.59 Å². The Bertz CT molecular complexity index is 998. The maximum Gasteiger partial charge on any atom is 0.330 e. The zero-order chi connectivity index (χ0) is 20.5. The predicted molar refractivity (Wildman–Crippen MR) is 115 cm³/mol. The van der Waals surface area contributed by atoms with Crippen LogP contribution in [0.4, 0.5) is 21.9 Å². The van der Waals surface area contributed by atoms with Crippen LogP contribution in [0.5, 0.6) is 0 Å². The number of fused-ring (bicyclic) bond motifs is 3. The third-order valence-electron chi connectivity index (χ3n) is 5.57. The molecule has 30 heavy (non-hydrogen) atoms. The molecule has 2 aromatic rings. The first-order chi connectivity index (χ1) is 14.7. The molecule has 0 radical (unpaired) electrons. The van der Waals surface area contributed by atoms with Gasteiger partial charge in [-0.25, -0.2) is 4.79 Å². The zero-order valence-corrected chi connectivity index (χ0v) is 16.6. The highest BCUT2D eigenvalue weighted by molar-refractivity contribution is 6.21. The Morgan fingerprint density at radius 1 is 1.03 bits per heavy atom. The van der Waals surface area contributed by atoms with E-state index < -0.39 is 0 Å². The van der Waals surface area contributed by atoms with Gasteiger partial charge >= 0.3 is 6.03 Å². The number of rotatable bonds is 4. The predicted octanol–water partition coefficient (Wildman–Crippen LogP) is 2.16. The van der Waals surface area contributed by atoms with Crippen molar-refractivity contribution in [3.05, 3.63) is 54.1 Å². The van der Waals surface area contributed by atoms with Crippen LogP contribution < -0.4 is 15.1 Å². The van der Waals surface area contributed by atoms with Crippen molar-refractivity contribution in [3.8, 4) is 0 Å². The van der Waals surface area contributed by atoms with Crippen LogP contribution in [-0.4, -0.2) is 68.6 Å². The molecule has 0 aromatic heterocycles. The molecule has 0 aliphatic carbocycles. The molecule has 8 heteroatoms. The van der Waals surface area contributed by atoms with Gasteiger partial charge in [0.2, 0.25) is 5.91 Å². The molecule has 0 spiro atoms. The van der Waals surface area contributed by atoms with Crippen LogP contribution in [-0.2, 0) is 9.53 Å². The SMILES string of the molecule is O=C(CN1C(=O)N2CCN=C2c2ccccc21)Nc1ccc(N2CCOCC2)cc1. The summed E-state index contributed by atoms with van der Waals surface area (Å²) in [5, 5.41) is 2.91. The molecule has 0 unspecified atom stereocenters. The Labute approximate surface area is 174 Å². The fourth-order valence-electron chi connectivity index (χ4n) is 4.08. The summed E-state index contributed by atoms with van der Waals surface area (Å²) in [5.41, 5.74) is 3.42. The van der Waals surface area contributed by atoms with E-state index in [-0.39, 0.29) is 18.5 Å². The number of morpholine rings is 1. The second-order valence-corrected chi connectivity index (χ2v) is 7.44. The summed E-state index contributed by atoms with van der Waals surface area (Å²) >= 11 is 0. The van der Waals surface area contributed by atoms with Crippen molar-refractivity contribution in [2.75, 3.05) is 61.1 Å². The molecule has 3 aliphatic rings. The number of carbonyl (C=O) groups is 2. The van der Waals surface area contributed by atoms with E-state index in [4.69, 9.17) is 4.74 Å². The number of amides is 3. The molecule has 0 saturated carbocycles. The number of hydrogen-bond acceptors (Lipinski definition) is 5. The number of anilines is 3. The lowest BCUT2D eigenvalue weighted by Crippen LogP contribution is -2.52. The lowest BCUT2D eigenvalue weighted by atomic mass is 10.1. The molecular weight excluding hydrogens is 382 g/mol. The van der Waals surface area contributed by atoms with Crippen molar-refractivity contribution < 1.29 is 14.3 Å². The van der Waals surface area contributed by atoms with Crippen LogP contribution in [0.25, 0.3) is 0 Å². The van der Waals surface area contributed by atoms with Gasteiger partial charge in [0.15, 0.2) is 0 Å². The molecule has 2 aromatic carbocycles. The Kier molecular flexibility index (Phi) is 4.84. The Morgan fingerprint density at radius 2 is 1.80 bits per heavy atom. The molecule has 5 rings (SSSR count). The third kappa shape index (κ3) is 3.39. The first kappa shape index (κ1) is 18.6. The molecule has 3 heterocycles. The van der Waals surface area contributed by atoms with Gasteiger partial charge in [-0.2, -0.15) is 0 Å². The summed E-state index contributed by atoms with van der Waals surface area (Å²) in [6.45, 7) is 4.27. The average molecular weight is 405 g/mol. The van der Waals surface area contributed by atoms with E-state index in [1.54, 1.807) is 4.90 Å². The van der Waals surface area contributed by atoms with Gasteiger partial charge in [-0.05, 0) is 36.4 Å². The molecule has 3 aliphatic heterocycles. The van der Waals surface area contributed by atoms with Crippen molar-refractivity contribution >= 4 is 34.8 Å². The minimum absolute atomic E-state index is 0.0508. The second kappa shape index (κ2) is 7.79. The summed E-state index contributed by atoms with van der Waals surface area (Å²) in [6.07, 6.45) is 0. The van der Waals surface area contributed by atoms with Gasteiger partial charge in [0.25, 0.3) is 0 Å². The highest BCUT2D eigenvalue weighted by Crippen LogP contribution is 2.30. The lowest BCUT2D eigenvalue weighted by Gasteiger charge is -2.34. The van der Waals surface area contributed by atoms with E-state index in [0.29, 0.717) is 24.6 Å². The minimum atomic E-state index is -0.239. The Morgan fingerprint density at radius 3 is 2.60 bits per heavy atom. The molecule has 8 nitrogen and oxygen atoms in total. The normalized spacial score (nSPS) is 18.1. The fraction of sp³-hybridized carbons (Fsp3) is 0.318. The summed E-state index contributed by atoms with van der Waals surface area (Å²) in [7, 11) is 0. The number of aliphatic imine (C=N–C) groups is 1. The van der Waals surface area contributed by atoms with Crippen LogP contribution in [0, 0.1) is 0 Å². The molecule has 1 N–H and O–H groups in total. The monoisotopic (exact) mass is 405 g/mol. The number of benzene rings is 2. The van der Waals surface area contributed by atoms with Crippen molar-refractivity contribution in [2.24, 2.45) is 4.99 Å². The van der Waals surface area contributed by atoms with Crippen molar-refractivity contribution in [1.82, 2.24) is 4.90 Å². The van der Waals surface area contributed by atoms with Crippen LogP contribution in [0.1, 0.15) is 5.56 Å². The fourth-order valence-corrected chi connectivity index (χ4v) is 4.08. The standard InChI is InChI=1S/C22H23N5O3/c28-20(24-16-5-7-17(8-6-16)25-11-13-30-14-12-25)15-27-19-4-2-1-3-18(19)21-23-9-10-26(21)22(27)29/h1-8H,9-15H2,(H,24,28). The number of hydrogen-bond donors (Lipinski definition) is 1. The van der Waals surface area contributed by atoms with Gasteiger partial charge in [-0.1, -0.05) is 12.1 Å². The van der Waals surface area contributed by atoms with Crippen molar-refractivity contribution in [3.63, 3.8) is 0 Å². The van der Waals surface area contributed by atoms with Gasteiger partial charge in [0.1, 0.15) is 12.4 Å². The highest BCUT2D eigenvalue weighted by atomic mass is 16.5. The van der Waals surface area contributed by atoms with Crippen LogP contribution in [0.15, 0.2) is 53.5 Å². The molecule has 154 valence electrons. The van der Waals surface area contributed by atoms with Gasteiger partial charge in [0, 0.05) is 36.6 Å². The highest BCUT2D eigenvalue weighted by Gasteiger charge is 2.37. The van der Waals surface area contributed by atoms with E-state index >= 15 is 0 Å². The zero-order valence-electron chi connectivity index (χ0n) is 16.6. The van der Waals surface area contributed by atoms with Gasteiger partial charge in [-0.3, -0.25) is 19.6 Å². The van der Waals surface area contributed by atoms with Gasteiger partial charge in [-0.15, -0.1) is 0 Å². The average Bonchev–Trinajstić information content (AvgIpc) is 3.28. The molecular formula is C22H23N5O3. The summed E-state index contributed by atoms with van der Waals surface area (Å²) < 4.78 is 5.39. The Hall–Kier alpha value is -3.39. The van der Waals surface area contributed by atoms with Crippen LogP contribution in [0.3, 0.4) is 0 Å².